The van der Waals surface area contributed by atoms with Crippen molar-refractivity contribution in [2.24, 2.45) is 11.8 Å². The molecule has 0 radical (unpaired) electrons. The molecular weight excluding hydrogens is 584 g/mol. The number of aliphatic hydroxyl groups excluding tert-OH is 4. The zero-order chi connectivity index (χ0) is 31.8. The normalized spacial score (nSPS) is 35.0. The zero-order valence-corrected chi connectivity index (χ0v) is 23.6. The van der Waals surface area contributed by atoms with Crippen LogP contribution in [0.4, 0.5) is 0 Å². The van der Waals surface area contributed by atoms with Gasteiger partial charge in [0, 0.05) is 12.0 Å². The summed E-state index contributed by atoms with van der Waals surface area (Å²) in [5.74, 6) is -3.97. The Morgan fingerprint density at radius 3 is 2.50 bits per heavy atom. The molecule has 1 aromatic carbocycles. The van der Waals surface area contributed by atoms with E-state index >= 15 is 0 Å². The quantitative estimate of drug-likeness (QED) is 0.109. The number of methoxy groups -OCH3 is 1. The number of carbonyl (C=O) groups is 3. The van der Waals surface area contributed by atoms with E-state index in [2.05, 4.69) is 0 Å². The molecule has 1 aliphatic carbocycles. The number of esters is 3. The van der Waals surface area contributed by atoms with Gasteiger partial charge in [0.15, 0.2) is 11.9 Å². The van der Waals surface area contributed by atoms with Crippen LogP contribution in [0.2, 0.25) is 0 Å². The van der Waals surface area contributed by atoms with E-state index in [0.29, 0.717) is 5.56 Å². The van der Waals surface area contributed by atoms with Gasteiger partial charge in [0.2, 0.25) is 6.29 Å². The van der Waals surface area contributed by atoms with Gasteiger partial charge in [-0.3, -0.25) is 0 Å². The molecule has 5 N–H and O–H groups in total. The third-order valence-corrected chi connectivity index (χ3v) is 7.91. The molecule has 14 nitrogen and oxygen atoms in total. The molecule has 0 aromatic heterocycles. The topological polar surface area (TPSA) is 208 Å². The van der Waals surface area contributed by atoms with Crippen LogP contribution in [-0.2, 0) is 42.8 Å². The number of phenolic OH excluding ortho intramolecular Hbond substituents is 1. The lowest BCUT2D eigenvalue weighted by Crippen LogP contribution is -2.60. The SMILES string of the molecule is COC(=O)C1=CO[C@H](O[C@H]2O[C@H](CO)[C@@H](O)[C@H](O)[C@H]2O)[C@H]2[C@@H]1C=C[C@@]21C=C([C@H](C)OC(=O)C=Cc2ccc(O)cc2)C(=O)O1. The predicted molar refractivity (Wildman–Crippen MR) is 146 cm³/mol. The van der Waals surface area contributed by atoms with E-state index in [1.54, 1.807) is 18.2 Å². The first kappa shape index (κ1) is 31.4. The van der Waals surface area contributed by atoms with Gasteiger partial charge in [-0.2, -0.15) is 0 Å². The molecule has 5 rings (SSSR count). The first-order valence-corrected chi connectivity index (χ1v) is 13.7. The number of fused-ring (bicyclic) bond motifs is 2. The molecule has 4 aliphatic rings. The number of carbonyl (C=O) groups excluding carboxylic acids is 3. The summed E-state index contributed by atoms with van der Waals surface area (Å²) in [5.41, 5.74) is -0.852. The molecule has 0 amide bonds. The number of ether oxygens (including phenoxy) is 6. The predicted octanol–water partition coefficient (Wildman–Crippen LogP) is -0.409. The molecule has 236 valence electrons. The highest BCUT2D eigenvalue weighted by molar-refractivity contribution is 5.95. The van der Waals surface area contributed by atoms with Gasteiger partial charge in [-0.25, -0.2) is 14.4 Å². The summed E-state index contributed by atoms with van der Waals surface area (Å²) in [7, 11) is 1.18. The van der Waals surface area contributed by atoms with E-state index in [1.807, 2.05) is 0 Å². The first-order chi connectivity index (χ1) is 21.0. The third kappa shape index (κ3) is 5.87. The highest BCUT2D eigenvalue weighted by Crippen LogP contribution is 2.51. The Morgan fingerprint density at radius 1 is 1.09 bits per heavy atom. The van der Waals surface area contributed by atoms with E-state index in [4.69, 9.17) is 28.4 Å². The molecule has 1 fully saturated rings. The number of phenols is 1. The van der Waals surface area contributed by atoms with E-state index < -0.39 is 85.1 Å². The molecule has 0 saturated carbocycles. The van der Waals surface area contributed by atoms with Gasteiger partial charge < -0.3 is 54.0 Å². The molecule has 1 aromatic rings. The van der Waals surface area contributed by atoms with Gasteiger partial charge in [0.25, 0.3) is 0 Å². The van der Waals surface area contributed by atoms with E-state index in [-0.39, 0.29) is 16.9 Å². The molecule has 3 aliphatic heterocycles. The molecule has 14 heteroatoms. The van der Waals surface area contributed by atoms with Crippen LogP contribution in [0.1, 0.15) is 12.5 Å². The Balaban J connectivity index is 1.39. The summed E-state index contributed by atoms with van der Waals surface area (Å²) in [6.07, 6.45) is -2.06. The number of hydrogen-bond acceptors (Lipinski definition) is 14. The number of hydrogen-bond donors (Lipinski definition) is 5. The van der Waals surface area contributed by atoms with Crippen molar-refractivity contribution in [1.29, 1.82) is 0 Å². The van der Waals surface area contributed by atoms with Crippen molar-refractivity contribution in [1.82, 2.24) is 0 Å². The smallest absolute Gasteiger partial charge is 0.338 e. The van der Waals surface area contributed by atoms with E-state index in [1.165, 1.54) is 44.4 Å². The fourth-order valence-electron chi connectivity index (χ4n) is 5.59. The summed E-state index contributed by atoms with van der Waals surface area (Å²) < 4.78 is 33.2. The molecule has 0 bridgehead atoms. The Labute approximate surface area is 251 Å². The number of allylic oxidation sites excluding steroid dienone is 1. The van der Waals surface area contributed by atoms with Gasteiger partial charge in [0.1, 0.15) is 36.3 Å². The van der Waals surface area contributed by atoms with Crippen molar-refractivity contribution in [3.8, 4) is 5.75 Å². The second kappa shape index (κ2) is 12.5. The van der Waals surface area contributed by atoms with Crippen molar-refractivity contribution in [2.75, 3.05) is 13.7 Å². The molecular formula is C30H32O14. The van der Waals surface area contributed by atoms with Crippen LogP contribution in [-0.4, -0.2) is 106 Å². The summed E-state index contributed by atoms with van der Waals surface area (Å²) >= 11 is 0. The summed E-state index contributed by atoms with van der Waals surface area (Å²) in [6, 6.07) is 6.11. The van der Waals surface area contributed by atoms with E-state index in [0.717, 1.165) is 12.3 Å². The van der Waals surface area contributed by atoms with Crippen LogP contribution in [0.3, 0.4) is 0 Å². The largest absolute Gasteiger partial charge is 0.508 e. The maximum absolute atomic E-state index is 13.1. The molecule has 0 unspecified atom stereocenters. The number of aliphatic hydroxyl groups is 4. The highest BCUT2D eigenvalue weighted by atomic mass is 16.8. The Bertz CT molecular complexity index is 1390. The minimum absolute atomic E-state index is 0.00226. The van der Waals surface area contributed by atoms with Gasteiger partial charge in [-0.1, -0.05) is 18.2 Å². The lowest BCUT2D eigenvalue weighted by Gasteiger charge is -2.44. The van der Waals surface area contributed by atoms with Crippen LogP contribution < -0.4 is 0 Å². The van der Waals surface area contributed by atoms with E-state index in [9.17, 15) is 39.9 Å². The average Bonchev–Trinajstić information content (AvgIpc) is 3.56. The summed E-state index contributed by atoms with van der Waals surface area (Å²) in [4.78, 5) is 38.2. The average molecular weight is 617 g/mol. The fraction of sp³-hybridized carbons (Fsp3) is 0.433. The van der Waals surface area contributed by atoms with Crippen molar-refractivity contribution in [2.45, 2.75) is 55.6 Å². The van der Waals surface area contributed by atoms with Gasteiger partial charge >= 0.3 is 17.9 Å². The molecule has 3 heterocycles. The summed E-state index contributed by atoms with van der Waals surface area (Å²) in [6.45, 7) is 0.790. The second-order valence-corrected chi connectivity index (χ2v) is 10.7. The lowest BCUT2D eigenvalue weighted by atomic mass is 9.78. The molecule has 1 saturated heterocycles. The second-order valence-electron chi connectivity index (χ2n) is 10.7. The van der Waals surface area contributed by atoms with Crippen molar-refractivity contribution < 1.29 is 68.3 Å². The Kier molecular flexibility index (Phi) is 8.92. The van der Waals surface area contributed by atoms with Crippen molar-refractivity contribution in [3.05, 3.63) is 71.5 Å². The molecule has 10 atom stereocenters. The Morgan fingerprint density at radius 2 is 1.82 bits per heavy atom. The lowest BCUT2D eigenvalue weighted by molar-refractivity contribution is -0.344. The number of aromatic hydroxyl groups is 1. The fourth-order valence-corrected chi connectivity index (χ4v) is 5.59. The van der Waals surface area contributed by atoms with Crippen LogP contribution in [0, 0.1) is 11.8 Å². The number of benzene rings is 1. The monoisotopic (exact) mass is 616 g/mol. The highest BCUT2D eigenvalue weighted by Gasteiger charge is 2.60. The van der Waals surface area contributed by atoms with Gasteiger partial charge in [-0.15, -0.1) is 0 Å². The van der Waals surface area contributed by atoms with Gasteiger partial charge in [-0.05, 0) is 42.8 Å². The van der Waals surface area contributed by atoms with Crippen molar-refractivity contribution >= 4 is 24.0 Å². The summed E-state index contributed by atoms with van der Waals surface area (Å²) in [5, 5.41) is 49.8. The van der Waals surface area contributed by atoms with Crippen LogP contribution in [0.25, 0.3) is 6.08 Å². The van der Waals surface area contributed by atoms with Gasteiger partial charge in [0.05, 0.1) is 37.0 Å². The molecule has 1 spiro atoms. The minimum Gasteiger partial charge on any atom is -0.508 e. The van der Waals surface area contributed by atoms with Crippen LogP contribution >= 0.6 is 0 Å². The van der Waals surface area contributed by atoms with Crippen LogP contribution in [0.15, 0.2) is 66.0 Å². The maximum Gasteiger partial charge on any atom is 0.338 e. The number of rotatable bonds is 8. The maximum atomic E-state index is 13.1. The Hall–Kier alpha value is -4.05. The van der Waals surface area contributed by atoms with Crippen LogP contribution in [0.5, 0.6) is 5.75 Å². The first-order valence-electron chi connectivity index (χ1n) is 13.7. The molecule has 44 heavy (non-hydrogen) atoms. The minimum atomic E-state index is -1.75. The third-order valence-electron chi connectivity index (χ3n) is 7.91. The zero-order valence-electron chi connectivity index (χ0n) is 23.6. The standard InChI is InChI=1S/C30H32O14/c1-14(41-21(33)8-5-15-3-6-16(32)7-4-15)18-11-30(44-27(18)38)10-9-17-19(26(37)39-2)13-40-28(22(17)30)43-29-25(36)24(35)23(34)20(12-31)42-29/h3-11,13-14,17,20,22-25,28-29,31-32,34-36H,12H2,1-2H3/t14-,17+,20+,22+,23+,24-,25+,28+,29+,30+/m0/s1. The van der Waals surface area contributed by atoms with Crippen molar-refractivity contribution in [3.63, 3.8) is 0 Å².